The predicted molar refractivity (Wildman–Crippen MR) is 95.5 cm³/mol. The summed E-state index contributed by atoms with van der Waals surface area (Å²) in [5, 5.41) is 11.1. The van der Waals surface area contributed by atoms with E-state index in [2.05, 4.69) is 30.5 Å². The van der Waals surface area contributed by atoms with Crippen LogP contribution in [0.5, 0.6) is 0 Å². The third-order valence-corrected chi connectivity index (χ3v) is 3.93. The van der Waals surface area contributed by atoms with Crippen molar-refractivity contribution < 1.29 is 9.32 Å². The number of carbonyl (C=O) groups is 1. The number of nitrogens with one attached hydrogen (secondary N) is 1. The van der Waals surface area contributed by atoms with E-state index < -0.39 is 0 Å². The SMILES string of the molecule is Cc1cc(C)n2nc(CC(=O)NCc3cc(-c4ccccn4)no3)nc2n1. The van der Waals surface area contributed by atoms with Crippen LogP contribution in [0.3, 0.4) is 0 Å². The van der Waals surface area contributed by atoms with E-state index in [-0.39, 0.29) is 18.9 Å². The molecule has 136 valence electrons. The summed E-state index contributed by atoms with van der Waals surface area (Å²) in [4.78, 5) is 25.0. The first-order valence-corrected chi connectivity index (χ1v) is 8.42. The van der Waals surface area contributed by atoms with Crippen LogP contribution in [0.4, 0.5) is 0 Å². The Balaban J connectivity index is 1.39. The standard InChI is InChI=1S/C18H17N7O2/c1-11-7-12(2)25-18(21-11)22-16(23-25)9-17(26)20-10-13-8-15(24-27-13)14-5-3-4-6-19-14/h3-8H,9-10H2,1-2H3,(H,20,26). The van der Waals surface area contributed by atoms with Crippen LogP contribution in [0.1, 0.15) is 23.0 Å². The molecule has 0 radical (unpaired) electrons. The highest BCUT2D eigenvalue weighted by Crippen LogP contribution is 2.16. The van der Waals surface area contributed by atoms with Crippen molar-refractivity contribution in [3.63, 3.8) is 0 Å². The third-order valence-electron chi connectivity index (χ3n) is 3.93. The summed E-state index contributed by atoms with van der Waals surface area (Å²) in [6, 6.07) is 9.21. The largest absolute Gasteiger partial charge is 0.359 e. The summed E-state index contributed by atoms with van der Waals surface area (Å²) in [7, 11) is 0. The van der Waals surface area contributed by atoms with Crippen molar-refractivity contribution in [2.75, 3.05) is 0 Å². The van der Waals surface area contributed by atoms with Gasteiger partial charge in [0.25, 0.3) is 5.78 Å². The minimum atomic E-state index is -0.212. The number of aromatic nitrogens is 6. The molecule has 0 aliphatic heterocycles. The number of nitrogens with zero attached hydrogens (tertiary/aromatic N) is 6. The lowest BCUT2D eigenvalue weighted by molar-refractivity contribution is -0.120. The highest BCUT2D eigenvalue weighted by Gasteiger charge is 2.13. The molecule has 4 heterocycles. The summed E-state index contributed by atoms with van der Waals surface area (Å²) in [6.07, 6.45) is 1.74. The van der Waals surface area contributed by atoms with Crippen LogP contribution < -0.4 is 5.32 Å². The van der Waals surface area contributed by atoms with Crippen molar-refractivity contribution in [2.45, 2.75) is 26.8 Å². The third kappa shape index (κ3) is 3.66. The van der Waals surface area contributed by atoms with Crippen molar-refractivity contribution in [1.82, 2.24) is 35.0 Å². The topological polar surface area (TPSA) is 111 Å². The number of amides is 1. The van der Waals surface area contributed by atoms with Gasteiger partial charge in [-0.25, -0.2) is 9.50 Å². The monoisotopic (exact) mass is 363 g/mol. The van der Waals surface area contributed by atoms with Crippen LogP contribution in [0.25, 0.3) is 17.2 Å². The molecular formula is C18H17N7O2. The summed E-state index contributed by atoms with van der Waals surface area (Å²) < 4.78 is 6.88. The van der Waals surface area contributed by atoms with Crippen molar-refractivity contribution >= 4 is 11.7 Å². The molecule has 4 aromatic rings. The Labute approximate surface area is 154 Å². The fraction of sp³-hybridized carbons (Fsp3) is 0.222. The predicted octanol–water partition coefficient (Wildman–Crippen LogP) is 1.65. The van der Waals surface area contributed by atoms with E-state index in [1.807, 2.05) is 38.1 Å². The summed E-state index contributed by atoms with van der Waals surface area (Å²) >= 11 is 0. The van der Waals surface area contributed by atoms with Gasteiger partial charge in [0.05, 0.1) is 18.7 Å². The number of carbonyl (C=O) groups excluding carboxylic acids is 1. The van der Waals surface area contributed by atoms with E-state index in [4.69, 9.17) is 4.52 Å². The first-order chi connectivity index (χ1) is 13.1. The Bertz CT molecular complexity index is 1100. The number of pyridine rings is 1. The van der Waals surface area contributed by atoms with Crippen LogP contribution in [0.15, 0.2) is 41.1 Å². The van der Waals surface area contributed by atoms with Gasteiger partial charge in [-0.1, -0.05) is 11.2 Å². The molecule has 4 aromatic heterocycles. The van der Waals surface area contributed by atoms with Gasteiger partial charge < -0.3 is 9.84 Å². The maximum Gasteiger partial charge on any atom is 0.252 e. The van der Waals surface area contributed by atoms with Gasteiger partial charge in [-0.2, -0.15) is 4.98 Å². The molecule has 0 unspecified atom stereocenters. The first-order valence-electron chi connectivity index (χ1n) is 8.42. The second kappa shape index (κ2) is 6.94. The fourth-order valence-corrected chi connectivity index (χ4v) is 2.71. The number of aryl methyl sites for hydroxylation is 2. The molecule has 9 nitrogen and oxygen atoms in total. The zero-order valence-electron chi connectivity index (χ0n) is 14.9. The van der Waals surface area contributed by atoms with Crippen molar-refractivity contribution in [3.05, 3.63) is 59.5 Å². The molecule has 0 aliphatic carbocycles. The molecule has 0 aliphatic rings. The normalized spacial score (nSPS) is 11.0. The van der Waals surface area contributed by atoms with Crippen LogP contribution in [-0.2, 0) is 17.8 Å². The Morgan fingerprint density at radius 2 is 2.07 bits per heavy atom. The number of rotatable bonds is 5. The Morgan fingerprint density at radius 1 is 1.19 bits per heavy atom. The average molecular weight is 363 g/mol. The minimum Gasteiger partial charge on any atom is -0.359 e. The highest BCUT2D eigenvalue weighted by molar-refractivity contribution is 5.77. The molecule has 9 heteroatoms. The molecule has 0 atom stereocenters. The van der Waals surface area contributed by atoms with Gasteiger partial charge in [0.15, 0.2) is 11.6 Å². The zero-order chi connectivity index (χ0) is 18.8. The Hall–Kier alpha value is -3.62. The van der Waals surface area contributed by atoms with E-state index in [1.165, 1.54) is 0 Å². The summed E-state index contributed by atoms with van der Waals surface area (Å²) in [5.74, 6) is 1.24. The van der Waals surface area contributed by atoms with Gasteiger partial charge in [-0.15, -0.1) is 5.10 Å². The van der Waals surface area contributed by atoms with Gasteiger partial charge in [0, 0.05) is 23.7 Å². The lowest BCUT2D eigenvalue weighted by atomic mass is 10.2. The molecule has 0 aromatic carbocycles. The van der Waals surface area contributed by atoms with E-state index in [9.17, 15) is 4.79 Å². The molecule has 0 saturated heterocycles. The maximum atomic E-state index is 12.2. The quantitative estimate of drug-likeness (QED) is 0.574. The Morgan fingerprint density at radius 3 is 2.89 bits per heavy atom. The molecule has 4 rings (SSSR count). The van der Waals surface area contributed by atoms with Gasteiger partial charge in [-0.05, 0) is 32.0 Å². The zero-order valence-corrected chi connectivity index (χ0v) is 14.9. The minimum absolute atomic E-state index is 0.0586. The van der Waals surface area contributed by atoms with Crippen LogP contribution in [0.2, 0.25) is 0 Å². The first kappa shape index (κ1) is 16.8. The molecule has 0 saturated carbocycles. The maximum absolute atomic E-state index is 12.2. The van der Waals surface area contributed by atoms with E-state index >= 15 is 0 Å². The second-order valence-corrected chi connectivity index (χ2v) is 6.13. The van der Waals surface area contributed by atoms with Crippen molar-refractivity contribution in [3.8, 4) is 11.4 Å². The molecule has 27 heavy (non-hydrogen) atoms. The molecule has 1 N–H and O–H groups in total. The van der Waals surface area contributed by atoms with Gasteiger partial charge in [-0.3, -0.25) is 9.78 Å². The van der Waals surface area contributed by atoms with Gasteiger partial charge in [0.2, 0.25) is 5.91 Å². The Kier molecular flexibility index (Phi) is 4.33. The lowest BCUT2D eigenvalue weighted by Gasteiger charge is -1.99. The van der Waals surface area contributed by atoms with E-state index in [0.29, 0.717) is 28.8 Å². The molecular weight excluding hydrogens is 346 g/mol. The van der Waals surface area contributed by atoms with Crippen molar-refractivity contribution in [1.29, 1.82) is 0 Å². The van der Waals surface area contributed by atoms with Crippen LogP contribution in [-0.4, -0.2) is 35.6 Å². The summed E-state index contributed by atoms with van der Waals surface area (Å²) in [5.41, 5.74) is 3.11. The molecule has 0 fully saturated rings. The fourth-order valence-electron chi connectivity index (χ4n) is 2.71. The smallest absolute Gasteiger partial charge is 0.252 e. The van der Waals surface area contributed by atoms with Crippen molar-refractivity contribution in [2.24, 2.45) is 0 Å². The van der Waals surface area contributed by atoms with Gasteiger partial charge >= 0.3 is 0 Å². The lowest BCUT2D eigenvalue weighted by Crippen LogP contribution is -2.24. The van der Waals surface area contributed by atoms with E-state index in [1.54, 1.807) is 16.8 Å². The average Bonchev–Trinajstić information content (AvgIpc) is 3.27. The highest BCUT2D eigenvalue weighted by atomic mass is 16.5. The summed E-state index contributed by atoms with van der Waals surface area (Å²) in [6.45, 7) is 4.04. The second-order valence-electron chi connectivity index (χ2n) is 6.13. The number of hydrogen-bond donors (Lipinski definition) is 1. The molecule has 0 bridgehead atoms. The van der Waals surface area contributed by atoms with Gasteiger partial charge in [0.1, 0.15) is 5.69 Å². The number of hydrogen-bond acceptors (Lipinski definition) is 7. The van der Waals surface area contributed by atoms with Crippen LogP contribution in [0, 0.1) is 13.8 Å². The molecule has 1 amide bonds. The number of fused-ring (bicyclic) bond motifs is 1. The van der Waals surface area contributed by atoms with Crippen LogP contribution >= 0.6 is 0 Å². The molecule has 0 spiro atoms. The van der Waals surface area contributed by atoms with E-state index in [0.717, 1.165) is 11.4 Å².